The van der Waals surface area contributed by atoms with Crippen molar-refractivity contribution in [1.29, 1.82) is 0 Å². The minimum atomic E-state index is -1.22. The second-order valence-electron chi connectivity index (χ2n) is 4.37. The highest BCUT2D eigenvalue weighted by Crippen LogP contribution is 2.22. The van der Waals surface area contributed by atoms with Crippen molar-refractivity contribution in [3.63, 3.8) is 0 Å². The molecule has 0 aliphatic carbocycles. The quantitative estimate of drug-likeness (QED) is 0.307. The molecule has 0 aromatic heterocycles. The van der Waals surface area contributed by atoms with Crippen LogP contribution < -0.4 is 0 Å². The van der Waals surface area contributed by atoms with Crippen LogP contribution >= 0.6 is 0 Å². The average Bonchev–Trinajstić information content (AvgIpc) is 2.32. The molecule has 96 valence electrons. The molecule has 0 spiro atoms. The number of allylic oxidation sites excluding steroid dienone is 1. The van der Waals surface area contributed by atoms with E-state index in [9.17, 15) is 9.59 Å². The van der Waals surface area contributed by atoms with Gasteiger partial charge in [-0.15, -0.1) is 0 Å². The Morgan fingerprint density at radius 1 is 1.05 bits per heavy atom. The number of cyclic esters (lactones) is 2. The third-order valence-corrected chi connectivity index (χ3v) is 2.32. The number of esters is 2. The average molecular weight is 256 g/mol. The second kappa shape index (κ2) is 4.99. The van der Waals surface area contributed by atoms with Crippen molar-refractivity contribution in [3.05, 3.63) is 47.5 Å². The molecule has 1 aromatic carbocycles. The number of hydrogen-bond donors (Lipinski definition) is 0. The lowest BCUT2D eigenvalue weighted by atomic mass is 10.2. The zero-order valence-corrected chi connectivity index (χ0v) is 10.6. The highest BCUT2D eigenvalue weighted by molar-refractivity contribution is 6.15. The molecule has 2 rings (SSSR count). The van der Waals surface area contributed by atoms with Gasteiger partial charge in [0.2, 0.25) is 0 Å². The molecule has 0 amide bonds. The van der Waals surface area contributed by atoms with E-state index in [1.54, 1.807) is 0 Å². The van der Waals surface area contributed by atoms with Crippen LogP contribution in [0.5, 0.6) is 0 Å². The van der Waals surface area contributed by atoms with E-state index < -0.39 is 17.7 Å². The van der Waals surface area contributed by atoms with Crippen LogP contribution in [-0.2, 0) is 19.1 Å². The van der Waals surface area contributed by atoms with Gasteiger partial charge in [0.1, 0.15) is 0 Å². The lowest BCUT2D eigenvalue weighted by Crippen LogP contribution is -2.41. The Kier molecular flexibility index (Phi) is 3.39. The topological polar surface area (TPSA) is 52.6 Å². The molecule has 19 heavy (non-hydrogen) atoms. The molecule has 1 fully saturated rings. The Labute approximate surface area is 111 Å². The summed E-state index contributed by atoms with van der Waals surface area (Å²) in [5.41, 5.74) is 0.597. The van der Waals surface area contributed by atoms with Gasteiger partial charge in [0.25, 0.3) is 5.79 Å². The van der Waals surface area contributed by atoms with Crippen LogP contribution in [0.25, 0.3) is 0 Å². The van der Waals surface area contributed by atoms with Gasteiger partial charge < -0.3 is 9.47 Å². The van der Waals surface area contributed by atoms with Gasteiger partial charge in [-0.1, -0.05) is 30.0 Å². The van der Waals surface area contributed by atoms with Crippen molar-refractivity contribution in [2.45, 2.75) is 19.6 Å². The van der Waals surface area contributed by atoms with Gasteiger partial charge in [-0.05, 0) is 12.1 Å². The zero-order chi connectivity index (χ0) is 13.9. The normalized spacial score (nSPS) is 16.8. The highest BCUT2D eigenvalue weighted by atomic mass is 16.7. The fourth-order valence-electron chi connectivity index (χ4n) is 1.49. The number of carbonyl (C=O) groups is 2. The molecule has 1 aliphatic rings. The highest BCUT2D eigenvalue weighted by Gasteiger charge is 2.38. The Balaban J connectivity index is 2.19. The van der Waals surface area contributed by atoms with E-state index in [0.29, 0.717) is 0 Å². The molecular weight excluding hydrogens is 244 g/mol. The Bertz CT molecular complexity index is 578. The molecule has 0 saturated carbocycles. The summed E-state index contributed by atoms with van der Waals surface area (Å²) in [6.07, 6.45) is 1.22. The SMILES string of the molecule is CC1(C)OC(=O)C(=CC#Cc2ccccc2)C(=O)O1. The summed E-state index contributed by atoms with van der Waals surface area (Å²) in [5.74, 6) is 2.80. The van der Waals surface area contributed by atoms with E-state index in [2.05, 4.69) is 11.8 Å². The summed E-state index contributed by atoms with van der Waals surface area (Å²) in [4.78, 5) is 23.2. The van der Waals surface area contributed by atoms with E-state index in [-0.39, 0.29) is 5.57 Å². The Hall–Kier alpha value is -2.54. The van der Waals surface area contributed by atoms with E-state index in [0.717, 1.165) is 5.56 Å². The van der Waals surface area contributed by atoms with Gasteiger partial charge in [0.05, 0.1) is 0 Å². The third-order valence-electron chi connectivity index (χ3n) is 2.32. The predicted molar refractivity (Wildman–Crippen MR) is 67.7 cm³/mol. The lowest BCUT2D eigenvalue weighted by molar-refractivity contribution is -0.222. The minimum Gasteiger partial charge on any atom is -0.419 e. The maximum absolute atomic E-state index is 11.6. The molecule has 1 saturated heterocycles. The molecule has 0 bridgehead atoms. The van der Waals surface area contributed by atoms with Gasteiger partial charge >= 0.3 is 11.9 Å². The van der Waals surface area contributed by atoms with E-state index in [4.69, 9.17) is 9.47 Å². The summed E-state index contributed by atoms with van der Waals surface area (Å²) >= 11 is 0. The first-order valence-corrected chi connectivity index (χ1v) is 5.71. The van der Waals surface area contributed by atoms with Crippen LogP contribution in [0, 0.1) is 11.8 Å². The molecule has 1 aliphatic heterocycles. The fraction of sp³-hybridized carbons (Fsp3) is 0.200. The summed E-state index contributed by atoms with van der Waals surface area (Å²) in [6.45, 7) is 2.99. The molecule has 4 heteroatoms. The predicted octanol–water partition coefficient (Wildman–Crippen LogP) is 1.80. The third kappa shape index (κ3) is 3.23. The maximum atomic E-state index is 11.6. The summed E-state index contributed by atoms with van der Waals surface area (Å²) < 4.78 is 9.88. The molecular formula is C15H12O4. The van der Waals surface area contributed by atoms with Crippen LogP contribution in [-0.4, -0.2) is 17.7 Å². The first-order valence-electron chi connectivity index (χ1n) is 5.71. The molecule has 0 radical (unpaired) electrons. The molecule has 0 N–H and O–H groups in total. The molecule has 0 atom stereocenters. The van der Waals surface area contributed by atoms with Crippen molar-refractivity contribution >= 4 is 11.9 Å². The first kappa shape index (κ1) is 12.9. The van der Waals surface area contributed by atoms with Gasteiger partial charge in [0, 0.05) is 25.5 Å². The fourth-order valence-corrected chi connectivity index (χ4v) is 1.49. The second-order valence-corrected chi connectivity index (χ2v) is 4.37. The Morgan fingerprint density at radius 2 is 1.63 bits per heavy atom. The van der Waals surface area contributed by atoms with Crippen LogP contribution in [0.15, 0.2) is 42.0 Å². The van der Waals surface area contributed by atoms with E-state index in [1.807, 2.05) is 30.3 Å². The summed E-state index contributed by atoms with van der Waals surface area (Å²) in [6, 6.07) is 9.23. The zero-order valence-electron chi connectivity index (χ0n) is 10.6. The van der Waals surface area contributed by atoms with Gasteiger partial charge in [-0.25, -0.2) is 9.59 Å². The standard InChI is InChI=1S/C15H12O4/c1-15(2)18-13(16)12(14(17)19-15)10-6-9-11-7-4-3-5-8-11/h3-5,7-8,10H,1-2H3. The van der Waals surface area contributed by atoms with Crippen LogP contribution in [0.4, 0.5) is 0 Å². The number of benzene rings is 1. The van der Waals surface area contributed by atoms with Crippen LogP contribution in [0.2, 0.25) is 0 Å². The monoisotopic (exact) mass is 256 g/mol. The number of rotatable bonds is 0. The van der Waals surface area contributed by atoms with Gasteiger partial charge in [-0.2, -0.15) is 0 Å². The molecule has 1 heterocycles. The van der Waals surface area contributed by atoms with Crippen molar-refractivity contribution < 1.29 is 19.1 Å². The van der Waals surface area contributed by atoms with Crippen LogP contribution in [0.3, 0.4) is 0 Å². The largest absolute Gasteiger partial charge is 0.419 e. The van der Waals surface area contributed by atoms with E-state index in [1.165, 1.54) is 19.9 Å². The maximum Gasteiger partial charge on any atom is 0.349 e. The van der Waals surface area contributed by atoms with Gasteiger partial charge in [0.15, 0.2) is 5.57 Å². The number of carbonyl (C=O) groups excluding carboxylic acids is 2. The van der Waals surface area contributed by atoms with E-state index >= 15 is 0 Å². The number of ether oxygens (including phenoxy) is 2. The molecule has 0 unspecified atom stereocenters. The molecule has 1 aromatic rings. The lowest BCUT2D eigenvalue weighted by Gasteiger charge is -2.29. The summed E-state index contributed by atoms with van der Waals surface area (Å²) in [7, 11) is 0. The van der Waals surface area contributed by atoms with Crippen molar-refractivity contribution in [3.8, 4) is 11.8 Å². The minimum absolute atomic E-state index is 0.192. The Morgan fingerprint density at radius 3 is 2.21 bits per heavy atom. The number of hydrogen-bond acceptors (Lipinski definition) is 4. The molecule has 4 nitrogen and oxygen atoms in total. The van der Waals surface area contributed by atoms with Crippen molar-refractivity contribution in [2.24, 2.45) is 0 Å². The summed E-state index contributed by atoms with van der Waals surface area (Å²) in [5, 5.41) is 0. The first-order chi connectivity index (χ1) is 8.98. The smallest absolute Gasteiger partial charge is 0.349 e. The van der Waals surface area contributed by atoms with Gasteiger partial charge in [-0.3, -0.25) is 0 Å². The van der Waals surface area contributed by atoms with Crippen molar-refractivity contribution in [2.75, 3.05) is 0 Å². The van der Waals surface area contributed by atoms with Crippen molar-refractivity contribution in [1.82, 2.24) is 0 Å². The van der Waals surface area contributed by atoms with Crippen LogP contribution in [0.1, 0.15) is 19.4 Å².